The van der Waals surface area contributed by atoms with E-state index in [1.807, 2.05) is 46.1 Å². The van der Waals surface area contributed by atoms with Crippen LogP contribution in [0.25, 0.3) is 0 Å². The lowest BCUT2D eigenvalue weighted by Gasteiger charge is -2.25. The molecular formula is C19H24N2O2. The summed E-state index contributed by atoms with van der Waals surface area (Å²) in [6.07, 6.45) is 7.28. The smallest absolute Gasteiger partial charge is 0.242 e. The Labute approximate surface area is 137 Å². The van der Waals surface area contributed by atoms with Gasteiger partial charge < -0.3 is 14.2 Å². The minimum absolute atomic E-state index is 0.210. The lowest BCUT2D eigenvalue weighted by atomic mass is 9.94. The monoisotopic (exact) mass is 312 g/mol. The Kier molecular flexibility index (Phi) is 5.01. The first kappa shape index (κ1) is 15.7. The van der Waals surface area contributed by atoms with Gasteiger partial charge in [0.2, 0.25) is 5.91 Å². The molecule has 2 aromatic rings. The van der Waals surface area contributed by atoms with E-state index in [0.29, 0.717) is 12.5 Å². The van der Waals surface area contributed by atoms with Crippen LogP contribution in [-0.2, 0) is 11.3 Å². The summed E-state index contributed by atoms with van der Waals surface area (Å²) in [5, 5.41) is 0. The Bertz CT molecular complexity index is 619. The van der Waals surface area contributed by atoms with Crippen LogP contribution in [0.3, 0.4) is 0 Å². The van der Waals surface area contributed by atoms with Gasteiger partial charge in [0.25, 0.3) is 0 Å². The number of amides is 1. The summed E-state index contributed by atoms with van der Waals surface area (Å²) in [4.78, 5) is 14.6. The first-order valence-corrected chi connectivity index (χ1v) is 8.29. The number of rotatable bonds is 4. The SMILES string of the molecule is COc1ccc([C@H]2CCCCN(C(=O)Cn3cccc3)C2)cc1. The van der Waals surface area contributed by atoms with Crippen molar-refractivity contribution in [1.82, 2.24) is 9.47 Å². The second-order valence-electron chi connectivity index (χ2n) is 6.16. The van der Waals surface area contributed by atoms with Crippen LogP contribution in [0.1, 0.15) is 30.7 Å². The van der Waals surface area contributed by atoms with Gasteiger partial charge in [-0.25, -0.2) is 0 Å². The lowest BCUT2D eigenvalue weighted by molar-refractivity contribution is -0.131. The maximum atomic E-state index is 12.6. The molecule has 1 atom stereocenters. The molecule has 1 aromatic heterocycles. The van der Waals surface area contributed by atoms with Crippen molar-refractivity contribution in [3.8, 4) is 5.75 Å². The standard InChI is InChI=1S/C19H24N2O2/c1-23-18-9-7-16(8-10-18)17-6-2-3-13-21(14-17)19(22)15-20-11-4-5-12-20/h4-5,7-12,17H,2-3,6,13-15H2,1H3/t17-/m0/s1. The Morgan fingerprint density at radius 2 is 1.91 bits per heavy atom. The molecule has 1 aromatic carbocycles. The molecule has 1 fully saturated rings. The highest BCUT2D eigenvalue weighted by Gasteiger charge is 2.23. The topological polar surface area (TPSA) is 34.5 Å². The highest BCUT2D eigenvalue weighted by atomic mass is 16.5. The van der Waals surface area contributed by atoms with E-state index in [2.05, 4.69) is 12.1 Å². The van der Waals surface area contributed by atoms with E-state index in [1.165, 1.54) is 12.0 Å². The molecule has 1 aliphatic rings. The molecule has 2 heterocycles. The maximum Gasteiger partial charge on any atom is 0.242 e. The number of hydrogen-bond donors (Lipinski definition) is 0. The molecular weight excluding hydrogens is 288 g/mol. The molecule has 0 unspecified atom stereocenters. The van der Waals surface area contributed by atoms with Gasteiger partial charge in [-0.05, 0) is 42.7 Å². The summed E-state index contributed by atoms with van der Waals surface area (Å²) in [6, 6.07) is 12.2. The number of aromatic nitrogens is 1. The third-order valence-corrected chi connectivity index (χ3v) is 4.60. The van der Waals surface area contributed by atoms with Crippen LogP contribution in [0.4, 0.5) is 0 Å². The molecule has 1 saturated heterocycles. The zero-order valence-corrected chi connectivity index (χ0v) is 13.6. The first-order chi connectivity index (χ1) is 11.3. The predicted octanol–water partition coefficient (Wildman–Crippen LogP) is 3.29. The summed E-state index contributed by atoms with van der Waals surface area (Å²) in [5.41, 5.74) is 1.30. The normalized spacial score (nSPS) is 18.5. The number of methoxy groups -OCH3 is 1. The zero-order chi connectivity index (χ0) is 16.1. The summed E-state index contributed by atoms with van der Waals surface area (Å²) in [5.74, 6) is 1.50. The van der Waals surface area contributed by atoms with Gasteiger partial charge in [0, 0.05) is 31.4 Å². The molecule has 3 rings (SSSR count). The molecule has 0 spiro atoms. The van der Waals surface area contributed by atoms with Crippen LogP contribution < -0.4 is 4.74 Å². The first-order valence-electron chi connectivity index (χ1n) is 8.29. The second kappa shape index (κ2) is 7.36. The number of nitrogens with zero attached hydrogens (tertiary/aromatic N) is 2. The van der Waals surface area contributed by atoms with Crippen LogP contribution in [0, 0.1) is 0 Å². The van der Waals surface area contributed by atoms with Gasteiger partial charge in [-0.2, -0.15) is 0 Å². The molecule has 122 valence electrons. The molecule has 4 nitrogen and oxygen atoms in total. The number of ether oxygens (including phenoxy) is 1. The quantitative estimate of drug-likeness (QED) is 0.868. The fraction of sp³-hybridized carbons (Fsp3) is 0.421. The lowest BCUT2D eigenvalue weighted by Crippen LogP contribution is -2.36. The van der Waals surface area contributed by atoms with Gasteiger partial charge in [0.1, 0.15) is 12.3 Å². The zero-order valence-electron chi connectivity index (χ0n) is 13.6. The second-order valence-corrected chi connectivity index (χ2v) is 6.16. The number of carbonyl (C=O) groups excluding carboxylic acids is 1. The number of carbonyl (C=O) groups is 1. The Balaban J connectivity index is 1.68. The summed E-state index contributed by atoms with van der Waals surface area (Å²) >= 11 is 0. The van der Waals surface area contributed by atoms with Crippen LogP contribution >= 0.6 is 0 Å². The van der Waals surface area contributed by atoms with Gasteiger partial charge in [-0.3, -0.25) is 4.79 Å². The van der Waals surface area contributed by atoms with Crippen LogP contribution in [0.5, 0.6) is 5.75 Å². The van der Waals surface area contributed by atoms with E-state index in [-0.39, 0.29) is 5.91 Å². The minimum atomic E-state index is 0.210. The van der Waals surface area contributed by atoms with Crippen molar-refractivity contribution in [3.63, 3.8) is 0 Å². The predicted molar refractivity (Wildman–Crippen MR) is 90.6 cm³/mol. The van der Waals surface area contributed by atoms with Gasteiger partial charge in [-0.15, -0.1) is 0 Å². The summed E-state index contributed by atoms with van der Waals surface area (Å²) < 4.78 is 7.17. The van der Waals surface area contributed by atoms with Gasteiger partial charge in [0.15, 0.2) is 0 Å². The molecule has 0 bridgehead atoms. The number of hydrogen-bond acceptors (Lipinski definition) is 2. The van der Waals surface area contributed by atoms with Crippen molar-refractivity contribution in [2.24, 2.45) is 0 Å². The Hall–Kier alpha value is -2.23. The molecule has 0 radical (unpaired) electrons. The highest BCUT2D eigenvalue weighted by Crippen LogP contribution is 2.28. The fourth-order valence-corrected chi connectivity index (χ4v) is 3.25. The number of likely N-dealkylation sites (tertiary alicyclic amines) is 1. The Morgan fingerprint density at radius 1 is 1.17 bits per heavy atom. The van der Waals surface area contributed by atoms with E-state index in [1.54, 1.807) is 7.11 Å². The minimum Gasteiger partial charge on any atom is -0.497 e. The molecule has 0 saturated carbocycles. The van der Waals surface area contributed by atoms with Crippen molar-refractivity contribution in [3.05, 3.63) is 54.4 Å². The average molecular weight is 312 g/mol. The average Bonchev–Trinajstić information content (AvgIpc) is 2.96. The molecule has 1 amide bonds. The summed E-state index contributed by atoms with van der Waals surface area (Å²) in [6.45, 7) is 2.11. The van der Waals surface area contributed by atoms with E-state index in [0.717, 1.165) is 31.7 Å². The fourth-order valence-electron chi connectivity index (χ4n) is 3.25. The van der Waals surface area contributed by atoms with Crippen molar-refractivity contribution < 1.29 is 9.53 Å². The van der Waals surface area contributed by atoms with Crippen molar-refractivity contribution in [2.45, 2.75) is 31.7 Å². The molecule has 23 heavy (non-hydrogen) atoms. The van der Waals surface area contributed by atoms with Crippen LogP contribution in [0.2, 0.25) is 0 Å². The van der Waals surface area contributed by atoms with Crippen molar-refractivity contribution in [1.29, 1.82) is 0 Å². The van der Waals surface area contributed by atoms with Crippen LogP contribution in [0.15, 0.2) is 48.8 Å². The van der Waals surface area contributed by atoms with E-state index in [9.17, 15) is 4.79 Å². The van der Waals surface area contributed by atoms with Crippen molar-refractivity contribution >= 4 is 5.91 Å². The largest absolute Gasteiger partial charge is 0.497 e. The van der Waals surface area contributed by atoms with E-state index in [4.69, 9.17) is 4.74 Å². The van der Waals surface area contributed by atoms with Crippen LogP contribution in [-0.4, -0.2) is 35.6 Å². The third-order valence-electron chi connectivity index (χ3n) is 4.60. The molecule has 1 aliphatic heterocycles. The van der Waals surface area contributed by atoms with E-state index < -0.39 is 0 Å². The number of benzene rings is 1. The van der Waals surface area contributed by atoms with Crippen molar-refractivity contribution in [2.75, 3.05) is 20.2 Å². The molecule has 0 N–H and O–H groups in total. The van der Waals surface area contributed by atoms with Gasteiger partial charge in [0.05, 0.1) is 7.11 Å². The van der Waals surface area contributed by atoms with Gasteiger partial charge >= 0.3 is 0 Å². The third kappa shape index (κ3) is 3.95. The highest BCUT2D eigenvalue weighted by molar-refractivity contribution is 5.76. The van der Waals surface area contributed by atoms with E-state index >= 15 is 0 Å². The van der Waals surface area contributed by atoms with Gasteiger partial charge in [-0.1, -0.05) is 18.6 Å². The summed E-state index contributed by atoms with van der Waals surface area (Å²) in [7, 11) is 1.68. The maximum absolute atomic E-state index is 12.6. The molecule has 4 heteroatoms. The Morgan fingerprint density at radius 3 is 2.61 bits per heavy atom. The molecule has 0 aliphatic carbocycles.